The summed E-state index contributed by atoms with van der Waals surface area (Å²) in [5, 5.41) is 3.67. The van der Waals surface area contributed by atoms with Gasteiger partial charge in [-0.25, -0.2) is 4.79 Å². The van der Waals surface area contributed by atoms with Crippen LogP contribution in [0.5, 0.6) is 0 Å². The SMILES string of the molecule is CCOCc1c(C(=O)OC)sc(-c2cccc(NC3CCCCC3)c2)c1Br. The van der Waals surface area contributed by atoms with Crippen LogP contribution in [-0.4, -0.2) is 25.7 Å². The summed E-state index contributed by atoms with van der Waals surface area (Å²) in [6.45, 7) is 2.93. The number of nitrogens with one attached hydrogen (secondary N) is 1. The van der Waals surface area contributed by atoms with Gasteiger partial charge in [0.25, 0.3) is 0 Å². The van der Waals surface area contributed by atoms with Gasteiger partial charge in [-0.1, -0.05) is 31.4 Å². The number of methoxy groups -OCH3 is 1. The number of esters is 1. The van der Waals surface area contributed by atoms with E-state index in [-0.39, 0.29) is 5.97 Å². The monoisotopic (exact) mass is 451 g/mol. The number of ether oxygens (including phenoxy) is 2. The van der Waals surface area contributed by atoms with Crippen LogP contribution in [0.1, 0.15) is 54.3 Å². The molecule has 4 nitrogen and oxygen atoms in total. The molecule has 0 radical (unpaired) electrons. The summed E-state index contributed by atoms with van der Waals surface area (Å²) < 4.78 is 11.4. The predicted molar refractivity (Wildman–Crippen MR) is 115 cm³/mol. The molecule has 6 heteroatoms. The highest BCUT2D eigenvalue weighted by Crippen LogP contribution is 2.42. The fourth-order valence-electron chi connectivity index (χ4n) is 3.45. The third-order valence-corrected chi connectivity index (χ3v) is 7.26. The zero-order valence-corrected chi connectivity index (χ0v) is 18.2. The van der Waals surface area contributed by atoms with Crippen LogP contribution in [0.25, 0.3) is 10.4 Å². The van der Waals surface area contributed by atoms with Crippen LogP contribution >= 0.6 is 27.3 Å². The smallest absolute Gasteiger partial charge is 0.348 e. The van der Waals surface area contributed by atoms with Crippen LogP contribution in [0.2, 0.25) is 0 Å². The standard InChI is InChI=1S/C21H26BrNO3S/c1-3-26-13-17-18(22)19(27-20(17)21(24)25-2)14-8-7-11-16(12-14)23-15-9-5-4-6-10-15/h7-8,11-12,15,23H,3-6,9-10,13H2,1-2H3. The minimum atomic E-state index is -0.321. The Labute approximate surface area is 173 Å². The number of thiophene rings is 1. The zero-order chi connectivity index (χ0) is 19.2. The van der Waals surface area contributed by atoms with Crippen molar-refractivity contribution in [2.45, 2.75) is 51.7 Å². The van der Waals surface area contributed by atoms with Gasteiger partial charge in [0.1, 0.15) is 4.88 Å². The summed E-state index contributed by atoms with van der Waals surface area (Å²) in [6.07, 6.45) is 6.42. The van der Waals surface area contributed by atoms with Gasteiger partial charge in [0.15, 0.2) is 0 Å². The zero-order valence-electron chi connectivity index (χ0n) is 15.8. The summed E-state index contributed by atoms with van der Waals surface area (Å²) in [5.74, 6) is -0.321. The molecular weight excluding hydrogens is 426 g/mol. The van der Waals surface area contributed by atoms with E-state index < -0.39 is 0 Å². The summed E-state index contributed by atoms with van der Waals surface area (Å²) in [6, 6.07) is 8.97. The van der Waals surface area contributed by atoms with Gasteiger partial charge in [0.05, 0.1) is 13.7 Å². The molecule has 1 saturated carbocycles. The van der Waals surface area contributed by atoms with E-state index in [2.05, 4.69) is 45.5 Å². The van der Waals surface area contributed by atoms with Crippen LogP contribution in [-0.2, 0) is 16.1 Å². The lowest BCUT2D eigenvalue weighted by Gasteiger charge is -2.24. The number of benzene rings is 1. The summed E-state index contributed by atoms with van der Waals surface area (Å²) in [4.78, 5) is 13.8. The van der Waals surface area contributed by atoms with Gasteiger partial charge in [0, 0.05) is 33.2 Å². The van der Waals surface area contributed by atoms with Crippen LogP contribution in [0.15, 0.2) is 28.7 Å². The average molecular weight is 452 g/mol. The van der Waals surface area contributed by atoms with E-state index in [4.69, 9.17) is 9.47 Å². The van der Waals surface area contributed by atoms with Crippen molar-refractivity contribution >= 4 is 38.9 Å². The fourth-order valence-corrected chi connectivity index (χ4v) is 5.48. The molecule has 2 aromatic rings. The molecule has 0 bridgehead atoms. The molecule has 146 valence electrons. The number of halogens is 1. The van der Waals surface area contributed by atoms with Gasteiger partial charge in [-0.05, 0) is 53.4 Å². The topological polar surface area (TPSA) is 47.6 Å². The van der Waals surface area contributed by atoms with Crippen molar-refractivity contribution in [1.82, 2.24) is 0 Å². The highest BCUT2D eigenvalue weighted by molar-refractivity contribution is 9.10. The molecule has 1 aliphatic carbocycles. The molecule has 1 heterocycles. The molecule has 0 unspecified atom stereocenters. The summed E-state index contributed by atoms with van der Waals surface area (Å²) in [5.41, 5.74) is 3.07. The quantitative estimate of drug-likeness (QED) is 0.505. The molecule has 0 spiro atoms. The van der Waals surface area contributed by atoms with Crippen molar-refractivity contribution < 1.29 is 14.3 Å². The van der Waals surface area contributed by atoms with Crippen molar-refractivity contribution in [3.8, 4) is 10.4 Å². The second kappa shape index (κ2) is 9.71. The Morgan fingerprint density at radius 3 is 2.78 bits per heavy atom. The normalized spacial score (nSPS) is 14.9. The second-order valence-electron chi connectivity index (χ2n) is 6.74. The highest BCUT2D eigenvalue weighted by atomic mass is 79.9. The maximum absolute atomic E-state index is 12.2. The van der Waals surface area contributed by atoms with E-state index in [1.165, 1.54) is 50.6 Å². The Morgan fingerprint density at radius 2 is 2.07 bits per heavy atom. The van der Waals surface area contributed by atoms with E-state index in [1.54, 1.807) is 0 Å². The van der Waals surface area contributed by atoms with Crippen LogP contribution in [0.4, 0.5) is 5.69 Å². The Morgan fingerprint density at radius 1 is 1.30 bits per heavy atom. The van der Waals surface area contributed by atoms with E-state index >= 15 is 0 Å². The lowest BCUT2D eigenvalue weighted by atomic mass is 9.95. The molecule has 1 aromatic heterocycles. The number of anilines is 1. The van der Waals surface area contributed by atoms with Crippen molar-refractivity contribution in [2.75, 3.05) is 19.0 Å². The van der Waals surface area contributed by atoms with Gasteiger partial charge < -0.3 is 14.8 Å². The molecule has 0 aliphatic heterocycles. The predicted octanol–water partition coefficient (Wildman–Crippen LogP) is 6.25. The van der Waals surface area contributed by atoms with E-state index in [1.807, 2.05) is 6.92 Å². The van der Waals surface area contributed by atoms with E-state index in [9.17, 15) is 4.79 Å². The van der Waals surface area contributed by atoms with Gasteiger partial charge in [0.2, 0.25) is 0 Å². The second-order valence-corrected chi connectivity index (χ2v) is 8.56. The van der Waals surface area contributed by atoms with E-state index in [0.717, 1.165) is 26.2 Å². The Hall–Kier alpha value is -1.37. The van der Waals surface area contributed by atoms with Gasteiger partial charge >= 0.3 is 5.97 Å². The Bertz CT molecular complexity index is 784. The van der Waals surface area contributed by atoms with Crippen molar-refractivity contribution in [3.63, 3.8) is 0 Å². The molecule has 1 aliphatic rings. The third kappa shape index (κ3) is 4.92. The molecule has 3 rings (SSSR count). The lowest BCUT2D eigenvalue weighted by Crippen LogP contribution is -2.22. The van der Waals surface area contributed by atoms with Gasteiger partial charge in [-0.2, -0.15) is 0 Å². The maximum atomic E-state index is 12.2. The molecule has 0 atom stereocenters. The van der Waals surface area contributed by atoms with Crippen molar-refractivity contribution in [1.29, 1.82) is 0 Å². The summed E-state index contributed by atoms with van der Waals surface area (Å²) >= 11 is 5.14. The number of carbonyl (C=O) groups excluding carboxylic acids is 1. The first-order chi connectivity index (χ1) is 13.1. The summed E-state index contributed by atoms with van der Waals surface area (Å²) in [7, 11) is 1.41. The first-order valence-corrected chi connectivity index (χ1v) is 11.1. The fraction of sp³-hybridized carbons (Fsp3) is 0.476. The van der Waals surface area contributed by atoms with Crippen LogP contribution in [0, 0.1) is 0 Å². The first-order valence-electron chi connectivity index (χ1n) is 9.48. The Balaban J connectivity index is 1.89. The van der Waals surface area contributed by atoms with E-state index in [0.29, 0.717) is 24.1 Å². The number of rotatable bonds is 7. The molecule has 27 heavy (non-hydrogen) atoms. The third-order valence-electron chi connectivity index (χ3n) is 4.86. The molecule has 1 fully saturated rings. The maximum Gasteiger partial charge on any atom is 0.348 e. The molecule has 0 saturated heterocycles. The highest BCUT2D eigenvalue weighted by Gasteiger charge is 2.23. The number of carbonyl (C=O) groups is 1. The molecule has 0 amide bonds. The molecule has 1 N–H and O–H groups in total. The number of hydrogen-bond acceptors (Lipinski definition) is 5. The number of hydrogen-bond donors (Lipinski definition) is 1. The van der Waals surface area contributed by atoms with Gasteiger partial charge in [-0.15, -0.1) is 11.3 Å². The molecule has 1 aromatic carbocycles. The molecular formula is C21H26BrNO3S. The van der Waals surface area contributed by atoms with Gasteiger partial charge in [-0.3, -0.25) is 0 Å². The minimum absolute atomic E-state index is 0.321. The average Bonchev–Trinajstić information content (AvgIpc) is 3.03. The van der Waals surface area contributed by atoms with Crippen LogP contribution < -0.4 is 5.32 Å². The first kappa shape index (κ1) is 20.4. The largest absolute Gasteiger partial charge is 0.465 e. The van der Waals surface area contributed by atoms with Crippen molar-refractivity contribution in [2.24, 2.45) is 0 Å². The lowest BCUT2D eigenvalue weighted by molar-refractivity contribution is 0.0599. The van der Waals surface area contributed by atoms with Crippen LogP contribution in [0.3, 0.4) is 0 Å². The van der Waals surface area contributed by atoms with Crippen molar-refractivity contribution in [3.05, 3.63) is 39.2 Å². The minimum Gasteiger partial charge on any atom is -0.465 e. The Kier molecular flexibility index (Phi) is 7.33.